The number of nitrogens with two attached hydrogens (primary N) is 1. The summed E-state index contributed by atoms with van der Waals surface area (Å²) in [4.78, 5) is 16.5. The maximum atomic E-state index is 12.2. The smallest absolute Gasteiger partial charge is 0.410 e. The van der Waals surface area contributed by atoms with Gasteiger partial charge in [0.05, 0.1) is 0 Å². The first-order chi connectivity index (χ1) is 11.7. The molecule has 0 spiro atoms. The fraction of sp³-hybridized carbons (Fsp3) is 0.632. The molecule has 24 heavy (non-hydrogen) atoms. The predicted molar refractivity (Wildman–Crippen MR) is 94.6 cm³/mol. The molecule has 132 valence electrons. The van der Waals surface area contributed by atoms with Crippen molar-refractivity contribution in [2.75, 3.05) is 32.7 Å². The highest BCUT2D eigenvalue weighted by molar-refractivity contribution is 5.67. The van der Waals surface area contributed by atoms with E-state index in [1.165, 1.54) is 19.3 Å². The number of benzene rings is 1. The highest BCUT2D eigenvalue weighted by atomic mass is 16.6. The van der Waals surface area contributed by atoms with Crippen LogP contribution in [0.15, 0.2) is 30.3 Å². The van der Waals surface area contributed by atoms with Gasteiger partial charge >= 0.3 is 6.09 Å². The predicted octanol–water partition coefficient (Wildman–Crippen LogP) is 2.46. The van der Waals surface area contributed by atoms with Gasteiger partial charge in [-0.25, -0.2) is 4.79 Å². The van der Waals surface area contributed by atoms with E-state index in [1.54, 1.807) is 0 Å². The van der Waals surface area contributed by atoms with Crippen LogP contribution in [-0.2, 0) is 11.3 Å². The van der Waals surface area contributed by atoms with Crippen molar-refractivity contribution in [2.45, 2.75) is 38.3 Å². The van der Waals surface area contributed by atoms with Gasteiger partial charge < -0.3 is 15.4 Å². The van der Waals surface area contributed by atoms with Crippen molar-refractivity contribution in [3.8, 4) is 0 Å². The monoisotopic (exact) mass is 331 g/mol. The number of rotatable bonds is 4. The van der Waals surface area contributed by atoms with Crippen LogP contribution in [0.4, 0.5) is 4.79 Å². The summed E-state index contributed by atoms with van der Waals surface area (Å²) >= 11 is 0. The fourth-order valence-corrected chi connectivity index (χ4v) is 3.79. The van der Waals surface area contributed by atoms with E-state index in [4.69, 9.17) is 10.5 Å². The lowest BCUT2D eigenvalue weighted by Gasteiger charge is -2.37. The Kier molecular flexibility index (Phi) is 6.10. The second-order valence-electron chi connectivity index (χ2n) is 7.12. The SMILES string of the molecule is N[C@@H]1CCC[C@H](CN2CCN(C(=O)OCc3ccccc3)CC2)C1. The van der Waals surface area contributed by atoms with Gasteiger partial charge in [-0.3, -0.25) is 4.90 Å². The molecule has 0 aromatic heterocycles. The summed E-state index contributed by atoms with van der Waals surface area (Å²) in [6.07, 6.45) is 4.69. The van der Waals surface area contributed by atoms with Crippen LogP contribution in [0.2, 0.25) is 0 Å². The second-order valence-corrected chi connectivity index (χ2v) is 7.12. The van der Waals surface area contributed by atoms with Crippen LogP contribution >= 0.6 is 0 Å². The van der Waals surface area contributed by atoms with Crippen LogP contribution in [0, 0.1) is 5.92 Å². The van der Waals surface area contributed by atoms with Gasteiger partial charge in [0.1, 0.15) is 6.61 Å². The standard InChI is InChI=1S/C19H29N3O2/c20-18-8-4-7-17(13-18)14-21-9-11-22(12-10-21)19(23)24-15-16-5-2-1-3-6-16/h1-3,5-6,17-18H,4,7-15,20H2/t17-,18+/m0/s1. The molecular formula is C19H29N3O2. The third-order valence-corrected chi connectivity index (χ3v) is 5.18. The van der Waals surface area contributed by atoms with E-state index in [2.05, 4.69) is 4.90 Å². The molecule has 2 atom stereocenters. The normalized spacial score (nSPS) is 25.5. The van der Waals surface area contributed by atoms with Crippen molar-refractivity contribution in [3.63, 3.8) is 0 Å². The number of carbonyl (C=O) groups excluding carboxylic acids is 1. The Bertz CT molecular complexity index is 515. The zero-order valence-electron chi connectivity index (χ0n) is 14.4. The highest BCUT2D eigenvalue weighted by Gasteiger charge is 2.26. The van der Waals surface area contributed by atoms with Gasteiger partial charge in [0.15, 0.2) is 0 Å². The summed E-state index contributed by atoms with van der Waals surface area (Å²) in [6, 6.07) is 10.2. The minimum absolute atomic E-state index is 0.196. The van der Waals surface area contributed by atoms with E-state index in [0.29, 0.717) is 12.6 Å². The number of hydrogen-bond donors (Lipinski definition) is 1. The number of nitrogens with zero attached hydrogens (tertiary/aromatic N) is 2. The molecule has 3 rings (SSSR count). The van der Waals surface area contributed by atoms with Gasteiger partial charge in [-0.15, -0.1) is 0 Å². The zero-order chi connectivity index (χ0) is 16.8. The number of amides is 1. The van der Waals surface area contributed by atoms with Crippen LogP contribution < -0.4 is 5.73 Å². The summed E-state index contributed by atoms with van der Waals surface area (Å²) in [6.45, 7) is 4.86. The van der Waals surface area contributed by atoms with Crippen molar-refractivity contribution >= 4 is 6.09 Å². The van der Waals surface area contributed by atoms with Gasteiger partial charge in [-0.1, -0.05) is 36.8 Å². The summed E-state index contributed by atoms with van der Waals surface area (Å²) in [5, 5.41) is 0. The van der Waals surface area contributed by atoms with E-state index < -0.39 is 0 Å². The minimum Gasteiger partial charge on any atom is -0.445 e. The van der Waals surface area contributed by atoms with Crippen molar-refractivity contribution in [3.05, 3.63) is 35.9 Å². The van der Waals surface area contributed by atoms with Crippen LogP contribution in [0.1, 0.15) is 31.2 Å². The number of piperazine rings is 1. The third kappa shape index (κ3) is 4.95. The molecule has 0 radical (unpaired) electrons. The summed E-state index contributed by atoms with van der Waals surface area (Å²) < 4.78 is 5.42. The van der Waals surface area contributed by atoms with Crippen LogP contribution in [0.25, 0.3) is 0 Å². The Hall–Kier alpha value is -1.59. The Morgan fingerprint density at radius 1 is 1.12 bits per heavy atom. The van der Waals surface area contributed by atoms with E-state index in [9.17, 15) is 4.79 Å². The second kappa shape index (κ2) is 8.49. The van der Waals surface area contributed by atoms with Crippen LogP contribution in [-0.4, -0.2) is 54.7 Å². The average Bonchev–Trinajstić information content (AvgIpc) is 2.61. The lowest BCUT2D eigenvalue weighted by Crippen LogP contribution is -2.50. The number of ether oxygens (including phenoxy) is 1. The third-order valence-electron chi connectivity index (χ3n) is 5.18. The lowest BCUT2D eigenvalue weighted by molar-refractivity contribution is 0.0654. The van der Waals surface area contributed by atoms with Crippen molar-refractivity contribution in [2.24, 2.45) is 11.7 Å². The molecule has 2 N–H and O–H groups in total. The lowest BCUT2D eigenvalue weighted by atomic mass is 9.86. The van der Waals surface area contributed by atoms with Crippen LogP contribution in [0.3, 0.4) is 0 Å². The molecule has 1 aliphatic carbocycles. The van der Waals surface area contributed by atoms with E-state index in [1.807, 2.05) is 35.2 Å². The quantitative estimate of drug-likeness (QED) is 0.921. The van der Waals surface area contributed by atoms with E-state index in [-0.39, 0.29) is 6.09 Å². The Balaban J connectivity index is 1.37. The molecule has 1 saturated heterocycles. The average molecular weight is 331 g/mol. The van der Waals surface area contributed by atoms with Gasteiger partial charge in [-0.2, -0.15) is 0 Å². The molecule has 1 amide bonds. The summed E-state index contributed by atoms with van der Waals surface area (Å²) in [5.41, 5.74) is 7.11. The summed E-state index contributed by atoms with van der Waals surface area (Å²) in [7, 11) is 0. The first-order valence-electron chi connectivity index (χ1n) is 9.14. The highest BCUT2D eigenvalue weighted by Crippen LogP contribution is 2.24. The first-order valence-corrected chi connectivity index (χ1v) is 9.14. The van der Waals surface area contributed by atoms with Gasteiger partial charge in [0.2, 0.25) is 0 Å². The topological polar surface area (TPSA) is 58.8 Å². The van der Waals surface area contributed by atoms with E-state index in [0.717, 1.165) is 50.6 Å². The molecule has 1 saturated carbocycles. The zero-order valence-corrected chi connectivity index (χ0v) is 14.4. The Labute approximate surface area is 144 Å². The van der Waals surface area contributed by atoms with Gasteiger partial charge in [0.25, 0.3) is 0 Å². The number of carbonyl (C=O) groups is 1. The maximum absolute atomic E-state index is 12.2. The van der Waals surface area contributed by atoms with Gasteiger partial charge in [0, 0.05) is 38.8 Å². The molecule has 2 fully saturated rings. The molecular weight excluding hydrogens is 302 g/mol. The van der Waals surface area contributed by atoms with Crippen molar-refractivity contribution < 1.29 is 9.53 Å². The first kappa shape index (κ1) is 17.2. The molecule has 5 nitrogen and oxygen atoms in total. The molecule has 0 unspecified atom stereocenters. The molecule has 2 aliphatic rings. The van der Waals surface area contributed by atoms with Crippen molar-refractivity contribution in [1.29, 1.82) is 0 Å². The maximum Gasteiger partial charge on any atom is 0.410 e. The molecule has 1 heterocycles. The van der Waals surface area contributed by atoms with Gasteiger partial charge in [-0.05, 0) is 30.7 Å². The fourth-order valence-electron chi connectivity index (χ4n) is 3.79. The molecule has 0 bridgehead atoms. The molecule has 1 aromatic carbocycles. The Morgan fingerprint density at radius 2 is 1.88 bits per heavy atom. The van der Waals surface area contributed by atoms with Crippen LogP contribution in [0.5, 0.6) is 0 Å². The molecule has 1 aliphatic heterocycles. The number of hydrogen-bond acceptors (Lipinski definition) is 4. The largest absolute Gasteiger partial charge is 0.445 e. The van der Waals surface area contributed by atoms with E-state index >= 15 is 0 Å². The molecule has 5 heteroatoms. The molecule has 1 aromatic rings. The minimum atomic E-state index is -0.196. The Morgan fingerprint density at radius 3 is 2.58 bits per heavy atom. The van der Waals surface area contributed by atoms with Crippen molar-refractivity contribution in [1.82, 2.24) is 9.80 Å². The summed E-state index contributed by atoms with van der Waals surface area (Å²) in [5.74, 6) is 0.727.